The second-order valence-corrected chi connectivity index (χ2v) is 5.93. The highest BCUT2D eigenvalue weighted by molar-refractivity contribution is 7.11. The summed E-state index contributed by atoms with van der Waals surface area (Å²) >= 11 is 1.71. The Balaban J connectivity index is 0.00000324. The van der Waals surface area contributed by atoms with Gasteiger partial charge in [0.1, 0.15) is 0 Å². The number of amides is 1. The Labute approximate surface area is 126 Å². The predicted octanol–water partition coefficient (Wildman–Crippen LogP) is 2.74. The fourth-order valence-electron chi connectivity index (χ4n) is 1.73. The van der Waals surface area contributed by atoms with E-state index in [1.54, 1.807) is 23.3 Å². The quantitative estimate of drug-likeness (QED) is 0.910. The molecule has 1 atom stereocenters. The summed E-state index contributed by atoms with van der Waals surface area (Å²) in [4.78, 5) is 19.4. The van der Waals surface area contributed by atoms with Gasteiger partial charge in [-0.2, -0.15) is 0 Å². The minimum Gasteiger partial charge on any atom is -0.337 e. The lowest BCUT2D eigenvalue weighted by Crippen LogP contribution is -2.35. The number of carbonyl (C=O) groups is 1. The van der Waals surface area contributed by atoms with Gasteiger partial charge in [-0.25, -0.2) is 4.98 Å². The Kier molecular flexibility index (Phi) is 7.55. The average molecular weight is 306 g/mol. The van der Waals surface area contributed by atoms with E-state index in [9.17, 15) is 4.79 Å². The van der Waals surface area contributed by atoms with Crippen molar-refractivity contribution in [1.82, 2.24) is 15.2 Å². The number of aromatic nitrogens is 1. The molecule has 0 spiro atoms. The monoisotopic (exact) mass is 305 g/mol. The number of aryl methyl sites for hydroxylation is 1. The predicted molar refractivity (Wildman–Crippen MR) is 83.3 cm³/mol. The second-order valence-electron chi connectivity index (χ2n) is 4.87. The number of hydrogen-bond donors (Lipinski definition) is 1. The molecule has 0 radical (unpaired) electrons. The molecule has 0 saturated carbocycles. The van der Waals surface area contributed by atoms with Crippen molar-refractivity contribution in [1.29, 1.82) is 0 Å². The van der Waals surface area contributed by atoms with Crippen LogP contribution >= 0.6 is 23.7 Å². The van der Waals surface area contributed by atoms with Crippen molar-refractivity contribution < 1.29 is 4.79 Å². The molecule has 1 amide bonds. The lowest BCUT2D eigenvalue weighted by molar-refractivity contribution is -0.130. The molecule has 4 nitrogen and oxygen atoms in total. The van der Waals surface area contributed by atoms with E-state index in [2.05, 4.69) is 31.1 Å². The van der Waals surface area contributed by atoms with Crippen LogP contribution in [0.1, 0.15) is 48.3 Å². The maximum absolute atomic E-state index is 11.9. The first kappa shape index (κ1) is 18.4. The van der Waals surface area contributed by atoms with E-state index in [4.69, 9.17) is 0 Å². The van der Waals surface area contributed by atoms with Crippen LogP contribution in [0.5, 0.6) is 0 Å². The van der Waals surface area contributed by atoms with Crippen LogP contribution in [0.15, 0.2) is 0 Å². The standard InChI is InChI=1S/C13H23N3OS.ClH/c1-8(2)13-15-9(3)12(18-13)10(4)16(6)11(17)7-14-5;/h8,10,14H,7H2,1-6H3;1H. The summed E-state index contributed by atoms with van der Waals surface area (Å²) in [5.41, 5.74) is 1.04. The van der Waals surface area contributed by atoms with Gasteiger partial charge in [0, 0.05) is 17.8 Å². The molecule has 1 N–H and O–H groups in total. The minimum atomic E-state index is 0. The van der Waals surface area contributed by atoms with Crippen LogP contribution in [-0.2, 0) is 4.79 Å². The van der Waals surface area contributed by atoms with E-state index < -0.39 is 0 Å². The Morgan fingerprint density at radius 1 is 1.42 bits per heavy atom. The van der Waals surface area contributed by atoms with Crippen LogP contribution < -0.4 is 5.32 Å². The minimum absolute atomic E-state index is 0. The lowest BCUT2D eigenvalue weighted by Gasteiger charge is -2.24. The lowest BCUT2D eigenvalue weighted by atomic mass is 10.2. The number of hydrogen-bond acceptors (Lipinski definition) is 4. The van der Waals surface area contributed by atoms with E-state index >= 15 is 0 Å². The molecule has 1 aromatic rings. The number of nitrogens with one attached hydrogen (secondary N) is 1. The third-order valence-corrected chi connectivity index (χ3v) is 4.65. The van der Waals surface area contributed by atoms with Gasteiger partial charge < -0.3 is 10.2 Å². The highest BCUT2D eigenvalue weighted by Crippen LogP contribution is 2.31. The molecule has 1 rings (SSSR count). The molecule has 6 heteroatoms. The summed E-state index contributed by atoms with van der Waals surface area (Å²) in [5, 5.41) is 4.03. The van der Waals surface area contributed by atoms with E-state index in [0.717, 1.165) is 10.7 Å². The van der Waals surface area contributed by atoms with Crippen LogP contribution in [0, 0.1) is 6.92 Å². The number of rotatable bonds is 5. The van der Waals surface area contributed by atoms with Crippen molar-refractivity contribution in [2.24, 2.45) is 0 Å². The van der Waals surface area contributed by atoms with Crippen molar-refractivity contribution in [2.75, 3.05) is 20.6 Å². The van der Waals surface area contributed by atoms with Crippen molar-refractivity contribution in [3.05, 3.63) is 15.6 Å². The topological polar surface area (TPSA) is 45.2 Å². The second kappa shape index (κ2) is 7.82. The number of thiazole rings is 1. The Morgan fingerprint density at radius 3 is 2.42 bits per heavy atom. The maximum atomic E-state index is 11.9. The van der Waals surface area contributed by atoms with E-state index in [1.807, 2.05) is 14.0 Å². The summed E-state index contributed by atoms with van der Waals surface area (Å²) in [5.74, 6) is 0.539. The normalized spacial score (nSPS) is 12.2. The first-order chi connectivity index (χ1) is 8.38. The molecule has 0 aliphatic rings. The van der Waals surface area contributed by atoms with E-state index in [-0.39, 0.29) is 24.4 Å². The number of nitrogens with zero attached hydrogens (tertiary/aromatic N) is 2. The molecule has 110 valence electrons. The molecule has 1 unspecified atom stereocenters. The van der Waals surface area contributed by atoms with Gasteiger partial charge in [0.25, 0.3) is 0 Å². The summed E-state index contributed by atoms with van der Waals surface area (Å²) in [6.45, 7) is 8.73. The zero-order valence-electron chi connectivity index (χ0n) is 12.5. The van der Waals surface area contributed by atoms with Crippen LogP contribution in [0.2, 0.25) is 0 Å². The molecule has 0 aliphatic carbocycles. The van der Waals surface area contributed by atoms with Gasteiger partial charge in [-0.05, 0) is 20.9 Å². The molecular weight excluding hydrogens is 282 g/mol. The third kappa shape index (κ3) is 4.44. The van der Waals surface area contributed by atoms with Crippen molar-refractivity contribution in [3.63, 3.8) is 0 Å². The zero-order valence-corrected chi connectivity index (χ0v) is 14.1. The summed E-state index contributed by atoms with van der Waals surface area (Å²) < 4.78 is 0. The highest BCUT2D eigenvalue weighted by atomic mass is 35.5. The van der Waals surface area contributed by atoms with Crippen molar-refractivity contribution in [3.8, 4) is 0 Å². The molecule has 1 heterocycles. The SMILES string of the molecule is CNCC(=O)N(C)C(C)c1sc(C(C)C)nc1C.Cl. The molecule has 0 aromatic carbocycles. The van der Waals surface area contributed by atoms with E-state index in [0.29, 0.717) is 12.5 Å². The fraction of sp³-hybridized carbons (Fsp3) is 0.692. The van der Waals surface area contributed by atoms with E-state index in [1.165, 1.54) is 4.88 Å². The van der Waals surface area contributed by atoms with Crippen LogP contribution in [0.25, 0.3) is 0 Å². The van der Waals surface area contributed by atoms with Crippen LogP contribution in [0.4, 0.5) is 0 Å². The van der Waals surface area contributed by atoms with Gasteiger partial charge >= 0.3 is 0 Å². The fourth-order valence-corrected chi connectivity index (χ4v) is 2.90. The van der Waals surface area contributed by atoms with Crippen molar-refractivity contribution in [2.45, 2.75) is 39.7 Å². The maximum Gasteiger partial charge on any atom is 0.236 e. The van der Waals surface area contributed by atoms with Gasteiger partial charge in [0.05, 0.1) is 23.3 Å². The Hall–Kier alpha value is -0.650. The van der Waals surface area contributed by atoms with Crippen LogP contribution in [-0.4, -0.2) is 36.4 Å². The third-order valence-electron chi connectivity index (χ3n) is 3.02. The highest BCUT2D eigenvalue weighted by Gasteiger charge is 2.22. The molecule has 0 fully saturated rings. The summed E-state index contributed by atoms with van der Waals surface area (Å²) in [6.07, 6.45) is 0. The number of carbonyl (C=O) groups excluding carboxylic acids is 1. The molecule has 0 bridgehead atoms. The van der Waals surface area contributed by atoms with Crippen LogP contribution in [0.3, 0.4) is 0 Å². The Bertz CT molecular complexity index is 420. The molecule has 0 saturated heterocycles. The summed E-state index contributed by atoms with van der Waals surface area (Å²) in [7, 11) is 3.63. The number of likely N-dealkylation sites (N-methyl/N-ethyl adjacent to an activating group) is 2. The molecule has 19 heavy (non-hydrogen) atoms. The smallest absolute Gasteiger partial charge is 0.236 e. The number of halogens is 1. The van der Waals surface area contributed by atoms with Gasteiger partial charge in [0.2, 0.25) is 5.91 Å². The zero-order chi connectivity index (χ0) is 13.9. The van der Waals surface area contributed by atoms with Gasteiger partial charge in [-0.15, -0.1) is 23.7 Å². The molecular formula is C13H24ClN3OS. The molecule has 1 aromatic heterocycles. The van der Waals surface area contributed by atoms with Gasteiger partial charge in [-0.3, -0.25) is 4.79 Å². The van der Waals surface area contributed by atoms with Gasteiger partial charge in [0.15, 0.2) is 0 Å². The largest absolute Gasteiger partial charge is 0.337 e. The molecule has 0 aliphatic heterocycles. The summed E-state index contributed by atoms with van der Waals surface area (Å²) in [6, 6.07) is 0.0795. The van der Waals surface area contributed by atoms with Crippen molar-refractivity contribution >= 4 is 29.7 Å². The Morgan fingerprint density at radius 2 is 2.00 bits per heavy atom. The average Bonchev–Trinajstić information content (AvgIpc) is 2.70. The first-order valence-electron chi connectivity index (χ1n) is 6.26. The first-order valence-corrected chi connectivity index (χ1v) is 7.07. The van der Waals surface area contributed by atoms with Gasteiger partial charge in [-0.1, -0.05) is 13.8 Å².